The van der Waals surface area contributed by atoms with Gasteiger partial charge in [-0.15, -0.1) is 0 Å². The number of aryl methyl sites for hydroxylation is 1. The summed E-state index contributed by atoms with van der Waals surface area (Å²) in [6.07, 6.45) is -3.59. The third kappa shape index (κ3) is 3.96. The van der Waals surface area contributed by atoms with Gasteiger partial charge in [0.1, 0.15) is 5.54 Å². The van der Waals surface area contributed by atoms with Crippen LogP contribution in [0, 0.1) is 0 Å². The maximum absolute atomic E-state index is 12.3. The van der Waals surface area contributed by atoms with Crippen molar-refractivity contribution in [3.8, 4) is 0 Å². The minimum atomic E-state index is -4.40. The van der Waals surface area contributed by atoms with Crippen molar-refractivity contribution in [3.63, 3.8) is 0 Å². The fourth-order valence-corrected chi connectivity index (χ4v) is 1.68. The monoisotopic (exact) mass is 274 g/mol. The minimum Gasteiger partial charge on any atom is -0.368 e. The Bertz CT molecular complexity index is 442. The largest absolute Gasteiger partial charge is 0.401 e. The molecule has 0 saturated heterocycles. The molecule has 0 bridgehead atoms. The summed E-state index contributed by atoms with van der Waals surface area (Å²) in [6, 6.07) is 6.78. The SMILES string of the molecule is CCc1ccc(C(C)(NCC(F)(F)F)C(N)=O)cc1. The van der Waals surface area contributed by atoms with E-state index in [0.717, 1.165) is 12.0 Å². The van der Waals surface area contributed by atoms with Crippen LogP contribution in [0.15, 0.2) is 24.3 Å². The highest BCUT2D eigenvalue weighted by atomic mass is 19.4. The predicted molar refractivity (Wildman–Crippen MR) is 66.4 cm³/mol. The molecule has 19 heavy (non-hydrogen) atoms. The Kier molecular flexibility index (Phi) is 4.57. The fourth-order valence-electron chi connectivity index (χ4n) is 1.68. The number of benzene rings is 1. The average Bonchev–Trinajstić information content (AvgIpc) is 2.35. The Hall–Kier alpha value is -1.56. The van der Waals surface area contributed by atoms with E-state index in [1.54, 1.807) is 24.3 Å². The number of alkyl halides is 3. The van der Waals surface area contributed by atoms with Crippen LogP contribution in [0.3, 0.4) is 0 Å². The van der Waals surface area contributed by atoms with Gasteiger partial charge in [0.05, 0.1) is 6.54 Å². The Morgan fingerprint density at radius 1 is 1.26 bits per heavy atom. The number of carbonyl (C=O) groups is 1. The van der Waals surface area contributed by atoms with Gasteiger partial charge >= 0.3 is 6.18 Å². The van der Waals surface area contributed by atoms with E-state index in [2.05, 4.69) is 5.32 Å². The Morgan fingerprint density at radius 2 is 1.79 bits per heavy atom. The molecule has 0 aliphatic heterocycles. The van der Waals surface area contributed by atoms with E-state index in [1.165, 1.54) is 6.92 Å². The summed E-state index contributed by atoms with van der Waals surface area (Å²) in [5, 5.41) is 2.19. The first-order valence-electron chi connectivity index (χ1n) is 5.90. The summed E-state index contributed by atoms with van der Waals surface area (Å²) in [6.45, 7) is 2.04. The van der Waals surface area contributed by atoms with Crippen molar-refractivity contribution in [1.82, 2.24) is 5.32 Å². The number of nitrogens with two attached hydrogens (primary N) is 1. The molecular formula is C13H17F3N2O. The van der Waals surface area contributed by atoms with Crippen LogP contribution < -0.4 is 11.1 Å². The number of rotatable bonds is 5. The number of carbonyl (C=O) groups excluding carboxylic acids is 1. The van der Waals surface area contributed by atoms with Crippen LogP contribution in [0.1, 0.15) is 25.0 Å². The summed E-state index contributed by atoms with van der Waals surface area (Å²) in [5.41, 5.74) is 5.15. The molecule has 1 unspecified atom stereocenters. The molecular weight excluding hydrogens is 257 g/mol. The quantitative estimate of drug-likeness (QED) is 0.864. The van der Waals surface area contributed by atoms with Crippen LogP contribution in [0.25, 0.3) is 0 Å². The lowest BCUT2D eigenvalue weighted by molar-refractivity contribution is -0.135. The highest BCUT2D eigenvalue weighted by Crippen LogP contribution is 2.23. The van der Waals surface area contributed by atoms with E-state index in [4.69, 9.17) is 5.73 Å². The molecule has 0 spiro atoms. The highest BCUT2D eigenvalue weighted by Gasteiger charge is 2.37. The molecule has 106 valence electrons. The lowest BCUT2D eigenvalue weighted by Gasteiger charge is -2.28. The highest BCUT2D eigenvalue weighted by molar-refractivity contribution is 5.85. The van der Waals surface area contributed by atoms with E-state index >= 15 is 0 Å². The van der Waals surface area contributed by atoms with Crippen LogP contribution in [0.5, 0.6) is 0 Å². The summed E-state index contributed by atoms with van der Waals surface area (Å²) >= 11 is 0. The first kappa shape index (κ1) is 15.5. The van der Waals surface area contributed by atoms with Gasteiger partial charge < -0.3 is 5.73 Å². The van der Waals surface area contributed by atoms with Gasteiger partial charge in [0.15, 0.2) is 0 Å². The molecule has 1 aromatic carbocycles. The second kappa shape index (κ2) is 5.61. The third-order valence-corrected chi connectivity index (χ3v) is 3.07. The van der Waals surface area contributed by atoms with Gasteiger partial charge in [-0.05, 0) is 24.5 Å². The smallest absolute Gasteiger partial charge is 0.368 e. The molecule has 6 heteroatoms. The molecule has 0 aliphatic carbocycles. The van der Waals surface area contributed by atoms with E-state index < -0.39 is 24.2 Å². The standard InChI is InChI=1S/C13H17F3N2O/c1-3-9-4-6-10(7-5-9)12(2,11(17)19)18-8-13(14,15)16/h4-7,18H,3,8H2,1-2H3,(H2,17,19). The minimum absolute atomic E-state index is 0.418. The number of amides is 1. The van der Waals surface area contributed by atoms with Gasteiger partial charge in [-0.2, -0.15) is 13.2 Å². The number of primary amides is 1. The molecule has 1 atom stereocenters. The van der Waals surface area contributed by atoms with Crippen LogP contribution >= 0.6 is 0 Å². The molecule has 0 heterocycles. The first-order valence-corrected chi connectivity index (χ1v) is 5.90. The van der Waals surface area contributed by atoms with Crippen LogP contribution in [0.2, 0.25) is 0 Å². The maximum Gasteiger partial charge on any atom is 0.401 e. The molecule has 3 N–H and O–H groups in total. The van der Waals surface area contributed by atoms with E-state index in [-0.39, 0.29) is 0 Å². The van der Waals surface area contributed by atoms with Crippen molar-refractivity contribution in [2.24, 2.45) is 5.73 Å². The zero-order chi connectivity index (χ0) is 14.7. The Balaban J connectivity index is 3.00. The van der Waals surface area contributed by atoms with Gasteiger partial charge in [-0.1, -0.05) is 31.2 Å². The summed E-state index contributed by atoms with van der Waals surface area (Å²) in [5.74, 6) is -0.846. The second-order valence-corrected chi connectivity index (χ2v) is 4.51. The van der Waals surface area contributed by atoms with Crippen molar-refractivity contribution < 1.29 is 18.0 Å². The first-order chi connectivity index (χ1) is 8.69. The molecule has 0 radical (unpaired) electrons. The lowest BCUT2D eigenvalue weighted by Crippen LogP contribution is -2.53. The van der Waals surface area contributed by atoms with E-state index in [0.29, 0.717) is 5.56 Å². The zero-order valence-electron chi connectivity index (χ0n) is 10.8. The molecule has 1 aromatic rings. The normalized spacial score (nSPS) is 15.0. The maximum atomic E-state index is 12.3. The molecule has 0 saturated carbocycles. The summed E-state index contributed by atoms with van der Waals surface area (Å²) < 4.78 is 36.8. The zero-order valence-corrected chi connectivity index (χ0v) is 10.8. The van der Waals surface area contributed by atoms with Crippen LogP contribution in [0.4, 0.5) is 13.2 Å². The molecule has 0 aromatic heterocycles. The number of nitrogens with one attached hydrogen (secondary N) is 1. The second-order valence-electron chi connectivity index (χ2n) is 4.51. The van der Waals surface area contributed by atoms with Gasteiger partial charge in [-0.3, -0.25) is 10.1 Å². The topological polar surface area (TPSA) is 55.1 Å². The van der Waals surface area contributed by atoms with E-state index in [9.17, 15) is 18.0 Å². The predicted octanol–water partition coefficient (Wildman–Crippen LogP) is 2.10. The molecule has 0 fully saturated rings. The van der Waals surface area contributed by atoms with Crippen molar-refractivity contribution in [1.29, 1.82) is 0 Å². The molecule has 1 rings (SSSR count). The molecule has 1 amide bonds. The van der Waals surface area contributed by atoms with Gasteiger partial charge in [0.25, 0.3) is 0 Å². The molecule has 3 nitrogen and oxygen atoms in total. The van der Waals surface area contributed by atoms with Gasteiger partial charge in [0.2, 0.25) is 5.91 Å². The van der Waals surface area contributed by atoms with Gasteiger partial charge in [0, 0.05) is 0 Å². The number of halogens is 3. The summed E-state index contributed by atoms with van der Waals surface area (Å²) in [4.78, 5) is 11.5. The third-order valence-electron chi connectivity index (χ3n) is 3.07. The van der Waals surface area contributed by atoms with E-state index in [1.807, 2.05) is 6.92 Å². The average molecular weight is 274 g/mol. The summed E-state index contributed by atoms with van der Waals surface area (Å²) in [7, 11) is 0. The molecule has 0 aliphatic rings. The Labute approximate surface area is 110 Å². The van der Waals surface area contributed by atoms with Crippen molar-refractivity contribution in [2.45, 2.75) is 32.0 Å². The number of hydrogen-bond donors (Lipinski definition) is 2. The van der Waals surface area contributed by atoms with Crippen molar-refractivity contribution in [2.75, 3.05) is 6.54 Å². The number of hydrogen-bond acceptors (Lipinski definition) is 2. The lowest BCUT2D eigenvalue weighted by atomic mass is 9.90. The fraction of sp³-hybridized carbons (Fsp3) is 0.462. The van der Waals surface area contributed by atoms with Crippen molar-refractivity contribution in [3.05, 3.63) is 35.4 Å². The van der Waals surface area contributed by atoms with Crippen LogP contribution in [-0.2, 0) is 16.8 Å². The van der Waals surface area contributed by atoms with Crippen molar-refractivity contribution >= 4 is 5.91 Å². The Morgan fingerprint density at radius 3 is 2.16 bits per heavy atom. The van der Waals surface area contributed by atoms with Crippen LogP contribution in [-0.4, -0.2) is 18.6 Å². The van der Waals surface area contributed by atoms with Gasteiger partial charge in [-0.25, -0.2) is 0 Å².